The first-order valence-electron chi connectivity index (χ1n) is 11.1. The summed E-state index contributed by atoms with van der Waals surface area (Å²) in [6, 6.07) is 10.6. The molecule has 0 bridgehead atoms. The minimum atomic E-state index is -3.74. The first-order valence-corrected chi connectivity index (χ1v) is 12.6. The SMILES string of the molecule is CNS(=O)(=O)c1cc(/C=C/C(=O)OCC(=O)NC(C)c2ccc3c(c2)CCCC3)ccc1OC. The van der Waals surface area contributed by atoms with Gasteiger partial charge in [0.15, 0.2) is 6.61 Å². The van der Waals surface area contributed by atoms with Gasteiger partial charge < -0.3 is 14.8 Å². The zero-order valence-electron chi connectivity index (χ0n) is 19.6. The molecule has 1 amide bonds. The van der Waals surface area contributed by atoms with Crippen LogP contribution in [0.5, 0.6) is 5.75 Å². The molecule has 1 unspecified atom stereocenters. The predicted octanol–water partition coefficient (Wildman–Crippen LogP) is 2.92. The van der Waals surface area contributed by atoms with Crippen molar-refractivity contribution in [2.75, 3.05) is 20.8 Å². The first-order chi connectivity index (χ1) is 16.2. The molecule has 9 heteroatoms. The number of nitrogens with one attached hydrogen (secondary N) is 2. The summed E-state index contributed by atoms with van der Waals surface area (Å²) in [6.45, 7) is 1.48. The van der Waals surface area contributed by atoms with E-state index in [0.29, 0.717) is 5.56 Å². The summed E-state index contributed by atoms with van der Waals surface area (Å²) >= 11 is 0. The Kier molecular flexibility index (Phi) is 8.46. The van der Waals surface area contributed by atoms with Crippen molar-refractivity contribution < 1.29 is 27.5 Å². The van der Waals surface area contributed by atoms with E-state index in [2.05, 4.69) is 22.2 Å². The molecule has 2 N–H and O–H groups in total. The number of ether oxygens (including phenoxy) is 2. The molecular weight excluding hydrogens is 456 g/mol. The lowest BCUT2D eigenvalue weighted by atomic mass is 9.89. The van der Waals surface area contributed by atoms with Gasteiger partial charge in [-0.1, -0.05) is 24.3 Å². The lowest BCUT2D eigenvalue weighted by Crippen LogP contribution is -2.31. The molecule has 0 radical (unpaired) electrons. The quantitative estimate of drug-likeness (QED) is 0.417. The maximum atomic E-state index is 12.3. The average molecular weight is 487 g/mol. The van der Waals surface area contributed by atoms with Crippen molar-refractivity contribution in [3.05, 3.63) is 64.7 Å². The van der Waals surface area contributed by atoms with Crippen LogP contribution in [0.1, 0.15) is 48.1 Å². The first kappa shape index (κ1) is 25.5. The molecular formula is C25H30N2O6S. The maximum absolute atomic E-state index is 12.3. The fourth-order valence-electron chi connectivity index (χ4n) is 3.86. The van der Waals surface area contributed by atoms with Gasteiger partial charge in [-0.05, 0) is 80.1 Å². The van der Waals surface area contributed by atoms with Crippen molar-refractivity contribution in [1.29, 1.82) is 0 Å². The summed E-state index contributed by atoms with van der Waals surface area (Å²) in [5.74, 6) is -0.942. The van der Waals surface area contributed by atoms with Gasteiger partial charge in [0, 0.05) is 6.08 Å². The molecule has 2 aromatic carbocycles. The van der Waals surface area contributed by atoms with E-state index < -0.39 is 28.5 Å². The van der Waals surface area contributed by atoms with E-state index in [4.69, 9.17) is 9.47 Å². The number of hydrogen-bond donors (Lipinski definition) is 2. The Hall–Kier alpha value is -3.17. The van der Waals surface area contributed by atoms with Gasteiger partial charge in [0.2, 0.25) is 10.0 Å². The number of fused-ring (bicyclic) bond motifs is 1. The molecule has 3 rings (SSSR count). The number of sulfonamides is 1. The molecule has 2 aromatic rings. The summed E-state index contributed by atoms with van der Waals surface area (Å²) in [5, 5.41) is 2.85. The van der Waals surface area contributed by atoms with Crippen molar-refractivity contribution in [3.8, 4) is 5.75 Å². The molecule has 0 saturated heterocycles. The summed E-state index contributed by atoms with van der Waals surface area (Å²) in [4.78, 5) is 24.3. The van der Waals surface area contributed by atoms with Crippen molar-refractivity contribution in [1.82, 2.24) is 10.0 Å². The van der Waals surface area contributed by atoms with Crippen LogP contribution >= 0.6 is 0 Å². The van der Waals surface area contributed by atoms with Crippen LogP contribution in [-0.2, 0) is 37.2 Å². The van der Waals surface area contributed by atoms with Gasteiger partial charge in [0.05, 0.1) is 13.2 Å². The van der Waals surface area contributed by atoms with Gasteiger partial charge in [0.1, 0.15) is 10.6 Å². The highest BCUT2D eigenvalue weighted by Crippen LogP contribution is 2.26. The molecule has 0 spiro atoms. The molecule has 1 aliphatic rings. The number of amides is 1. The number of benzene rings is 2. The molecule has 0 heterocycles. The number of carbonyl (C=O) groups excluding carboxylic acids is 2. The highest BCUT2D eigenvalue weighted by molar-refractivity contribution is 7.89. The normalized spacial score (nSPS) is 14.3. The smallest absolute Gasteiger partial charge is 0.331 e. The molecule has 1 atom stereocenters. The summed E-state index contributed by atoms with van der Waals surface area (Å²) < 4.78 is 36.7. The monoisotopic (exact) mass is 486 g/mol. The molecule has 0 aliphatic heterocycles. The highest BCUT2D eigenvalue weighted by Gasteiger charge is 2.18. The van der Waals surface area contributed by atoms with Gasteiger partial charge >= 0.3 is 5.97 Å². The molecule has 182 valence electrons. The Balaban J connectivity index is 1.54. The van der Waals surface area contributed by atoms with E-state index in [-0.39, 0.29) is 16.7 Å². The van der Waals surface area contributed by atoms with E-state index in [0.717, 1.165) is 24.5 Å². The zero-order valence-corrected chi connectivity index (χ0v) is 20.4. The minimum absolute atomic E-state index is 0.0523. The second kappa shape index (κ2) is 11.3. The van der Waals surface area contributed by atoms with Crippen molar-refractivity contribution in [2.24, 2.45) is 0 Å². The molecule has 1 aliphatic carbocycles. The van der Waals surface area contributed by atoms with Crippen LogP contribution in [0.15, 0.2) is 47.4 Å². The van der Waals surface area contributed by atoms with Gasteiger partial charge in [-0.15, -0.1) is 0 Å². The summed E-state index contributed by atoms with van der Waals surface area (Å²) in [6.07, 6.45) is 7.10. The fourth-order valence-corrected chi connectivity index (χ4v) is 4.78. The van der Waals surface area contributed by atoms with E-state index in [1.807, 2.05) is 13.0 Å². The maximum Gasteiger partial charge on any atom is 0.331 e. The highest BCUT2D eigenvalue weighted by atomic mass is 32.2. The zero-order chi connectivity index (χ0) is 24.7. The van der Waals surface area contributed by atoms with Gasteiger partial charge in [0.25, 0.3) is 5.91 Å². The Morgan fingerprint density at radius 2 is 1.82 bits per heavy atom. The number of aryl methyl sites for hydroxylation is 2. The van der Waals surface area contributed by atoms with Gasteiger partial charge in [-0.25, -0.2) is 17.9 Å². The fraction of sp³-hybridized carbons (Fsp3) is 0.360. The Labute approximate surface area is 200 Å². The van der Waals surface area contributed by atoms with Gasteiger partial charge in [-0.2, -0.15) is 0 Å². The summed E-state index contributed by atoms with van der Waals surface area (Å²) in [7, 11) is -1.07. The molecule has 0 fully saturated rings. The number of hydrogen-bond acceptors (Lipinski definition) is 6. The van der Waals surface area contributed by atoms with Crippen LogP contribution in [0.3, 0.4) is 0 Å². The molecule has 0 saturated carbocycles. The van der Waals surface area contributed by atoms with Crippen molar-refractivity contribution in [2.45, 2.75) is 43.5 Å². The third-order valence-electron chi connectivity index (χ3n) is 5.75. The standard InChI is InChI=1S/C25H30N2O6S/c1-17(20-11-10-19-6-4-5-7-21(19)15-20)27-24(28)16-33-25(29)13-9-18-8-12-22(32-3)23(14-18)34(30,31)26-2/h8-15,17,26H,4-7,16H2,1-3H3,(H,27,28)/b13-9+. The lowest BCUT2D eigenvalue weighted by molar-refractivity contribution is -0.144. The Bertz CT molecular complexity index is 1190. The van der Waals surface area contributed by atoms with Crippen LogP contribution in [0.2, 0.25) is 0 Å². The third-order valence-corrected chi connectivity index (χ3v) is 7.19. The average Bonchev–Trinajstić information content (AvgIpc) is 2.85. The Morgan fingerprint density at radius 1 is 1.09 bits per heavy atom. The number of esters is 1. The molecule has 34 heavy (non-hydrogen) atoms. The van der Waals surface area contributed by atoms with Crippen molar-refractivity contribution >= 4 is 28.0 Å². The van der Waals surface area contributed by atoms with Crippen LogP contribution in [-0.4, -0.2) is 41.1 Å². The van der Waals surface area contributed by atoms with Crippen LogP contribution < -0.4 is 14.8 Å². The number of methoxy groups -OCH3 is 1. The van der Waals surface area contributed by atoms with Crippen LogP contribution in [0, 0.1) is 0 Å². The van der Waals surface area contributed by atoms with Crippen LogP contribution in [0.4, 0.5) is 0 Å². The van der Waals surface area contributed by atoms with E-state index in [1.165, 1.54) is 56.3 Å². The summed E-state index contributed by atoms with van der Waals surface area (Å²) in [5.41, 5.74) is 4.19. The lowest BCUT2D eigenvalue weighted by Gasteiger charge is -2.20. The van der Waals surface area contributed by atoms with Crippen molar-refractivity contribution in [3.63, 3.8) is 0 Å². The number of carbonyl (C=O) groups is 2. The van der Waals surface area contributed by atoms with Crippen LogP contribution in [0.25, 0.3) is 6.08 Å². The second-order valence-corrected chi connectivity index (χ2v) is 9.94. The topological polar surface area (TPSA) is 111 Å². The minimum Gasteiger partial charge on any atom is -0.495 e. The van der Waals surface area contributed by atoms with E-state index in [1.54, 1.807) is 6.07 Å². The second-order valence-electron chi connectivity index (χ2n) is 8.08. The van der Waals surface area contributed by atoms with Gasteiger partial charge in [-0.3, -0.25) is 4.79 Å². The molecule has 0 aromatic heterocycles. The largest absolute Gasteiger partial charge is 0.495 e. The molecule has 8 nitrogen and oxygen atoms in total. The van der Waals surface area contributed by atoms with E-state index in [9.17, 15) is 18.0 Å². The number of rotatable bonds is 9. The van der Waals surface area contributed by atoms with E-state index >= 15 is 0 Å². The predicted molar refractivity (Wildman–Crippen MR) is 129 cm³/mol. The Morgan fingerprint density at radius 3 is 2.53 bits per heavy atom. The third kappa shape index (κ3) is 6.45.